The molecule has 1 nitrogen and oxygen atoms in total. The van der Waals surface area contributed by atoms with Crippen molar-refractivity contribution in [3.05, 3.63) is 0 Å². The Morgan fingerprint density at radius 3 is 1.83 bits per heavy atom. The summed E-state index contributed by atoms with van der Waals surface area (Å²) in [5.41, 5.74) is 0. The molecule has 0 amide bonds. The number of halogens is 2. The molecular weight excluding hydrogens is 160 g/mol. The first kappa shape index (κ1) is 11.8. The highest BCUT2D eigenvalue weighted by Crippen LogP contribution is 2.24. The lowest BCUT2D eigenvalue weighted by molar-refractivity contribution is -0.0709. The molecule has 0 heterocycles. The lowest BCUT2D eigenvalue weighted by Crippen LogP contribution is -2.41. The van der Waals surface area contributed by atoms with Crippen molar-refractivity contribution in [2.45, 2.75) is 39.7 Å². The van der Waals surface area contributed by atoms with Crippen LogP contribution in [0.15, 0.2) is 0 Å². The first-order chi connectivity index (χ1) is 5.27. The zero-order valence-corrected chi connectivity index (χ0v) is 8.56. The van der Waals surface area contributed by atoms with Crippen molar-refractivity contribution in [3.63, 3.8) is 0 Å². The van der Waals surface area contributed by atoms with Crippen LogP contribution in [0.3, 0.4) is 0 Å². The van der Waals surface area contributed by atoms with E-state index in [4.69, 9.17) is 0 Å². The summed E-state index contributed by atoms with van der Waals surface area (Å²) in [7, 11) is 1.72. The smallest absolute Gasteiger partial charge is 0.262 e. The van der Waals surface area contributed by atoms with Gasteiger partial charge in [0.25, 0.3) is 5.92 Å². The van der Waals surface area contributed by atoms with Crippen molar-refractivity contribution in [2.24, 2.45) is 5.92 Å². The monoisotopic (exact) mass is 179 g/mol. The summed E-state index contributed by atoms with van der Waals surface area (Å²) in [6, 6.07) is 0.176. The third-order valence-electron chi connectivity index (χ3n) is 2.19. The second-order valence-electron chi connectivity index (χ2n) is 3.92. The second-order valence-corrected chi connectivity index (χ2v) is 3.92. The predicted octanol–water partition coefficient (Wildman–Crippen LogP) is 2.62. The molecule has 0 aromatic carbocycles. The highest BCUT2D eigenvalue weighted by molar-refractivity contribution is 4.75. The van der Waals surface area contributed by atoms with E-state index in [-0.39, 0.29) is 12.6 Å². The van der Waals surface area contributed by atoms with Gasteiger partial charge in [0.2, 0.25) is 0 Å². The van der Waals surface area contributed by atoms with Gasteiger partial charge < -0.3 is 0 Å². The van der Waals surface area contributed by atoms with Gasteiger partial charge in [-0.3, -0.25) is 4.90 Å². The van der Waals surface area contributed by atoms with E-state index in [0.717, 1.165) is 0 Å². The highest BCUT2D eigenvalue weighted by Gasteiger charge is 2.34. The van der Waals surface area contributed by atoms with Crippen LogP contribution in [0.4, 0.5) is 8.78 Å². The molecule has 0 unspecified atom stereocenters. The number of alkyl halides is 2. The quantitative estimate of drug-likeness (QED) is 0.641. The molecule has 0 aliphatic rings. The predicted molar refractivity (Wildman–Crippen MR) is 47.6 cm³/mol. The molecule has 0 rings (SSSR count). The maximum Gasteiger partial charge on any atom is 0.262 e. The number of nitrogens with zero attached hydrogens (tertiary/aromatic N) is 1. The molecule has 0 radical (unpaired) electrons. The molecule has 0 fully saturated rings. The van der Waals surface area contributed by atoms with Crippen LogP contribution in [-0.4, -0.2) is 30.5 Å². The maximum absolute atomic E-state index is 13.1. The van der Waals surface area contributed by atoms with Gasteiger partial charge in [-0.2, -0.15) is 0 Å². The van der Waals surface area contributed by atoms with Crippen molar-refractivity contribution >= 4 is 0 Å². The van der Waals surface area contributed by atoms with Crippen molar-refractivity contribution in [1.82, 2.24) is 4.90 Å². The molecule has 0 aliphatic carbocycles. The molecule has 0 aromatic heterocycles. The van der Waals surface area contributed by atoms with Crippen LogP contribution in [0.2, 0.25) is 0 Å². The minimum Gasteiger partial charge on any atom is -0.298 e. The molecule has 0 bridgehead atoms. The fraction of sp³-hybridized carbons (Fsp3) is 1.00. The number of hydrogen-bond donors (Lipinski definition) is 0. The summed E-state index contributed by atoms with van der Waals surface area (Å²) < 4.78 is 26.2. The van der Waals surface area contributed by atoms with E-state index in [0.29, 0.717) is 0 Å². The Morgan fingerprint density at radius 2 is 1.58 bits per heavy atom. The third-order valence-corrected chi connectivity index (χ3v) is 2.19. The molecule has 3 heteroatoms. The zero-order chi connectivity index (χ0) is 9.94. The van der Waals surface area contributed by atoms with Crippen LogP contribution < -0.4 is 0 Å². The van der Waals surface area contributed by atoms with Crippen LogP contribution in [0, 0.1) is 5.92 Å². The highest BCUT2D eigenvalue weighted by atomic mass is 19.3. The third kappa shape index (κ3) is 3.48. The van der Waals surface area contributed by atoms with Crippen LogP contribution in [0.25, 0.3) is 0 Å². The Balaban J connectivity index is 4.05. The number of rotatable bonds is 4. The van der Waals surface area contributed by atoms with Gasteiger partial charge in [0.15, 0.2) is 0 Å². The average molecular weight is 179 g/mol. The van der Waals surface area contributed by atoms with Gasteiger partial charge in [-0.05, 0) is 20.9 Å². The summed E-state index contributed by atoms with van der Waals surface area (Å²) in [5.74, 6) is -3.15. The molecule has 74 valence electrons. The number of hydrogen-bond acceptors (Lipinski definition) is 1. The van der Waals surface area contributed by atoms with Crippen molar-refractivity contribution in [1.29, 1.82) is 0 Å². The van der Waals surface area contributed by atoms with E-state index >= 15 is 0 Å². The van der Waals surface area contributed by atoms with E-state index in [2.05, 4.69) is 0 Å². The molecule has 0 aromatic rings. The van der Waals surface area contributed by atoms with Crippen LogP contribution >= 0.6 is 0 Å². The molecule has 0 saturated carbocycles. The van der Waals surface area contributed by atoms with Gasteiger partial charge in [-0.15, -0.1) is 0 Å². The van der Waals surface area contributed by atoms with Gasteiger partial charge in [0.05, 0.1) is 6.54 Å². The van der Waals surface area contributed by atoms with Gasteiger partial charge in [-0.25, -0.2) is 8.78 Å². The summed E-state index contributed by atoms with van der Waals surface area (Å²) in [6.45, 7) is 6.78. The lowest BCUT2D eigenvalue weighted by atomic mass is 10.1. The first-order valence-corrected chi connectivity index (χ1v) is 4.35. The fourth-order valence-electron chi connectivity index (χ4n) is 0.698. The van der Waals surface area contributed by atoms with Gasteiger partial charge in [0.1, 0.15) is 0 Å². The Bertz CT molecular complexity index is 132. The second kappa shape index (κ2) is 4.17. The molecule has 0 spiro atoms. The van der Waals surface area contributed by atoms with Crippen LogP contribution in [0.1, 0.15) is 27.7 Å². The minimum atomic E-state index is -2.57. The summed E-state index contributed by atoms with van der Waals surface area (Å²) in [5, 5.41) is 0. The average Bonchev–Trinajstić information content (AvgIpc) is 1.85. The van der Waals surface area contributed by atoms with Crippen LogP contribution in [-0.2, 0) is 0 Å². The normalized spacial score (nSPS) is 13.5. The van der Waals surface area contributed by atoms with Gasteiger partial charge in [0, 0.05) is 12.0 Å². The molecular formula is C9H19F2N. The molecule has 0 aliphatic heterocycles. The Morgan fingerprint density at radius 1 is 1.17 bits per heavy atom. The van der Waals surface area contributed by atoms with Crippen molar-refractivity contribution in [2.75, 3.05) is 13.6 Å². The molecule has 12 heavy (non-hydrogen) atoms. The zero-order valence-electron chi connectivity index (χ0n) is 8.56. The van der Waals surface area contributed by atoms with Crippen molar-refractivity contribution < 1.29 is 8.78 Å². The molecule has 0 atom stereocenters. The van der Waals surface area contributed by atoms with Gasteiger partial charge in [-0.1, -0.05) is 13.8 Å². The topological polar surface area (TPSA) is 3.24 Å². The maximum atomic E-state index is 13.1. The van der Waals surface area contributed by atoms with E-state index in [1.807, 2.05) is 13.8 Å². The first-order valence-electron chi connectivity index (χ1n) is 4.35. The van der Waals surface area contributed by atoms with Gasteiger partial charge >= 0.3 is 0 Å². The van der Waals surface area contributed by atoms with Crippen molar-refractivity contribution in [3.8, 4) is 0 Å². The fourth-order valence-corrected chi connectivity index (χ4v) is 0.698. The lowest BCUT2D eigenvalue weighted by Gasteiger charge is -2.28. The largest absolute Gasteiger partial charge is 0.298 e. The summed E-state index contributed by atoms with van der Waals surface area (Å²) in [6.07, 6.45) is 0. The summed E-state index contributed by atoms with van der Waals surface area (Å²) in [4.78, 5) is 1.67. The van der Waals surface area contributed by atoms with Crippen LogP contribution in [0.5, 0.6) is 0 Å². The van der Waals surface area contributed by atoms with E-state index in [1.165, 1.54) is 0 Å². The Labute approximate surface area is 73.7 Å². The molecule has 0 N–H and O–H groups in total. The standard InChI is InChI=1S/C9H19F2N/c1-7(2)9(10,11)6-12(5)8(3)4/h7-8H,6H2,1-5H3. The Kier molecular flexibility index (Phi) is 4.11. The Hall–Kier alpha value is -0.180. The van der Waals surface area contributed by atoms with E-state index < -0.39 is 11.8 Å². The van der Waals surface area contributed by atoms with E-state index in [9.17, 15) is 8.78 Å². The van der Waals surface area contributed by atoms with E-state index in [1.54, 1.807) is 25.8 Å². The summed E-state index contributed by atoms with van der Waals surface area (Å²) >= 11 is 0. The molecule has 0 saturated heterocycles. The minimum absolute atomic E-state index is 0.150. The SMILES string of the molecule is CC(C)N(C)CC(F)(F)C(C)C.